The highest BCUT2D eigenvalue weighted by molar-refractivity contribution is 5.77. The molecule has 0 radical (unpaired) electrons. The summed E-state index contributed by atoms with van der Waals surface area (Å²) in [6.45, 7) is 5.01. The minimum absolute atomic E-state index is 0.00276. The minimum Gasteiger partial charge on any atom is -0.468 e. The van der Waals surface area contributed by atoms with Crippen LogP contribution in [0, 0.1) is 0 Å². The van der Waals surface area contributed by atoms with Gasteiger partial charge in [-0.15, -0.1) is 0 Å². The summed E-state index contributed by atoms with van der Waals surface area (Å²) < 4.78 is 5.41. The second-order valence-corrected chi connectivity index (χ2v) is 7.89. The molecule has 0 bridgehead atoms. The Morgan fingerprint density at radius 2 is 1.93 bits per heavy atom. The zero-order valence-corrected chi connectivity index (χ0v) is 16.4. The van der Waals surface area contributed by atoms with Gasteiger partial charge in [-0.3, -0.25) is 19.4 Å². The SMILES string of the molecule is CC(=O)NC[C@H]1CC[C@@H](CC(=O)NC2CCN(Cc3ccco3)CC2)N1C. The molecule has 0 aliphatic carbocycles. The number of nitrogens with one attached hydrogen (secondary N) is 2. The number of likely N-dealkylation sites (N-methyl/N-ethyl adjacent to an activating group) is 1. The summed E-state index contributed by atoms with van der Waals surface area (Å²) in [5.74, 6) is 1.15. The van der Waals surface area contributed by atoms with Crippen molar-refractivity contribution < 1.29 is 14.0 Å². The van der Waals surface area contributed by atoms with Gasteiger partial charge in [0.15, 0.2) is 0 Å². The molecule has 2 amide bonds. The monoisotopic (exact) mass is 376 g/mol. The number of carbonyl (C=O) groups is 2. The van der Waals surface area contributed by atoms with E-state index in [2.05, 4.69) is 27.5 Å². The summed E-state index contributed by atoms with van der Waals surface area (Å²) in [7, 11) is 2.06. The summed E-state index contributed by atoms with van der Waals surface area (Å²) in [4.78, 5) is 28.2. The summed E-state index contributed by atoms with van der Waals surface area (Å²) >= 11 is 0. The van der Waals surface area contributed by atoms with Crippen LogP contribution in [0.3, 0.4) is 0 Å². The summed E-state index contributed by atoms with van der Waals surface area (Å²) in [5.41, 5.74) is 0. The number of furan rings is 1. The minimum atomic E-state index is 0.00276. The van der Waals surface area contributed by atoms with E-state index in [1.165, 1.54) is 0 Å². The van der Waals surface area contributed by atoms with Crippen LogP contribution in [-0.4, -0.2) is 66.4 Å². The first-order valence-electron chi connectivity index (χ1n) is 10.0. The zero-order chi connectivity index (χ0) is 19.2. The van der Waals surface area contributed by atoms with E-state index in [1.54, 1.807) is 13.2 Å². The Morgan fingerprint density at radius 1 is 1.19 bits per heavy atom. The third kappa shape index (κ3) is 5.81. The van der Waals surface area contributed by atoms with E-state index < -0.39 is 0 Å². The van der Waals surface area contributed by atoms with Gasteiger partial charge in [0.25, 0.3) is 0 Å². The summed E-state index contributed by atoms with van der Waals surface area (Å²) in [5, 5.41) is 6.11. The number of hydrogen-bond acceptors (Lipinski definition) is 5. The molecule has 2 N–H and O–H groups in total. The van der Waals surface area contributed by atoms with Crippen LogP contribution in [0.1, 0.15) is 44.8 Å². The predicted molar refractivity (Wildman–Crippen MR) is 103 cm³/mol. The Balaban J connectivity index is 1.36. The first-order valence-corrected chi connectivity index (χ1v) is 10.0. The van der Waals surface area contributed by atoms with Gasteiger partial charge in [0.1, 0.15) is 5.76 Å². The lowest BCUT2D eigenvalue weighted by Crippen LogP contribution is -2.46. The topological polar surface area (TPSA) is 77.8 Å². The highest BCUT2D eigenvalue weighted by Gasteiger charge is 2.32. The van der Waals surface area contributed by atoms with Gasteiger partial charge >= 0.3 is 0 Å². The van der Waals surface area contributed by atoms with Crippen LogP contribution in [0.5, 0.6) is 0 Å². The van der Waals surface area contributed by atoms with Crippen molar-refractivity contribution in [2.45, 2.75) is 63.7 Å². The summed E-state index contributed by atoms with van der Waals surface area (Å²) in [6.07, 6.45) is 6.26. The van der Waals surface area contributed by atoms with Crippen molar-refractivity contribution >= 4 is 11.8 Å². The highest BCUT2D eigenvalue weighted by atomic mass is 16.3. The number of piperidine rings is 1. The Labute approximate surface area is 161 Å². The third-order valence-corrected chi connectivity index (χ3v) is 5.90. The normalized spacial score (nSPS) is 24.8. The molecular formula is C20H32N4O3. The maximum Gasteiger partial charge on any atom is 0.221 e. The largest absolute Gasteiger partial charge is 0.468 e. The Morgan fingerprint density at radius 3 is 2.59 bits per heavy atom. The lowest BCUT2D eigenvalue weighted by atomic mass is 10.0. The molecule has 2 aliphatic rings. The fraction of sp³-hybridized carbons (Fsp3) is 0.700. The van der Waals surface area contributed by atoms with E-state index in [0.29, 0.717) is 19.0 Å². The van der Waals surface area contributed by atoms with Crippen LogP contribution in [0.2, 0.25) is 0 Å². The van der Waals surface area contributed by atoms with Gasteiger partial charge in [0.05, 0.1) is 12.8 Å². The van der Waals surface area contributed by atoms with Crippen molar-refractivity contribution in [3.63, 3.8) is 0 Å². The van der Waals surface area contributed by atoms with Gasteiger partial charge in [-0.25, -0.2) is 0 Å². The smallest absolute Gasteiger partial charge is 0.221 e. The first kappa shape index (κ1) is 19.9. The van der Waals surface area contributed by atoms with Crippen LogP contribution in [-0.2, 0) is 16.1 Å². The summed E-state index contributed by atoms with van der Waals surface area (Å²) in [6, 6.07) is 4.79. The van der Waals surface area contributed by atoms with E-state index in [1.807, 2.05) is 12.1 Å². The van der Waals surface area contributed by atoms with Crippen LogP contribution >= 0.6 is 0 Å². The number of likely N-dealkylation sites (tertiary alicyclic amines) is 2. The van der Waals surface area contributed by atoms with Crippen LogP contribution in [0.25, 0.3) is 0 Å². The second-order valence-electron chi connectivity index (χ2n) is 7.89. The molecule has 2 fully saturated rings. The molecule has 0 aromatic carbocycles. The molecule has 0 saturated carbocycles. The lowest BCUT2D eigenvalue weighted by Gasteiger charge is -2.32. The van der Waals surface area contributed by atoms with E-state index in [-0.39, 0.29) is 23.9 Å². The number of rotatable bonds is 7. The fourth-order valence-corrected chi connectivity index (χ4v) is 4.20. The molecule has 2 saturated heterocycles. The molecule has 3 heterocycles. The molecule has 1 aromatic rings. The number of amides is 2. The van der Waals surface area contributed by atoms with E-state index in [9.17, 15) is 9.59 Å². The average molecular weight is 377 g/mol. The quantitative estimate of drug-likeness (QED) is 0.751. The lowest BCUT2D eigenvalue weighted by molar-refractivity contribution is -0.123. The maximum atomic E-state index is 12.5. The van der Waals surface area contributed by atoms with Crippen molar-refractivity contribution in [1.29, 1.82) is 0 Å². The Hall–Kier alpha value is -1.86. The van der Waals surface area contributed by atoms with E-state index in [4.69, 9.17) is 4.42 Å². The van der Waals surface area contributed by atoms with Crippen LogP contribution in [0.15, 0.2) is 22.8 Å². The van der Waals surface area contributed by atoms with Crippen molar-refractivity contribution in [1.82, 2.24) is 20.4 Å². The van der Waals surface area contributed by atoms with Crippen LogP contribution in [0.4, 0.5) is 0 Å². The second kappa shape index (κ2) is 9.37. The van der Waals surface area contributed by atoms with Gasteiger partial charge in [-0.1, -0.05) is 0 Å². The highest BCUT2D eigenvalue weighted by Crippen LogP contribution is 2.24. The number of nitrogens with zero attached hydrogens (tertiary/aromatic N) is 2. The first-order chi connectivity index (χ1) is 13.0. The van der Waals surface area contributed by atoms with Gasteiger partial charge in [-0.2, -0.15) is 0 Å². The van der Waals surface area contributed by atoms with Crippen molar-refractivity contribution in [3.05, 3.63) is 24.2 Å². The molecular weight excluding hydrogens is 344 g/mol. The number of hydrogen-bond donors (Lipinski definition) is 2. The fourth-order valence-electron chi connectivity index (χ4n) is 4.20. The Kier molecular flexibility index (Phi) is 6.90. The zero-order valence-electron chi connectivity index (χ0n) is 16.4. The van der Waals surface area contributed by atoms with E-state index >= 15 is 0 Å². The Bertz CT molecular complexity index is 611. The predicted octanol–water partition coefficient (Wildman–Crippen LogP) is 1.35. The molecule has 0 spiro atoms. The van der Waals surface area contributed by atoms with Gasteiger partial charge in [0, 0.05) is 51.1 Å². The van der Waals surface area contributed by atoms with Gasteiger partial charge in [0.2, 0.25) is 11.8 Å². The van der Waals surface area contributed by atoms with Gasteiger partial charge < -0.3 is 15.1 Å². The molecule has 2 aliphatic heterocycles. The molecule has 7 nitrogen and oxygen atoms in total. The molecule has 27 heavy (non-hydrogen) atoms. The maximum absolute atomic E-state index is 12.5. The van der Waals surface area contributed by atoms with Gasteiger partial charge in [-0.05, 0) is 44.9 Å². The van der Waals surface area contributed by atoms with E-state index in [0.717, 1.165) is 51.1 Å². The van der Waals surface area contributed by atoms with Crippen molar-refractivity contribution in [2.75, 3.05) is 26.7 Å². The molecule has 2 atom stereocenters. The molecule has 150 valence electrons. The molecule has 3 rings (SSSR count). The third-order valence-electron chi connectivity index (χ3n) is 5.90. The molecule has 1 aromatic heterocycles. The molecule has 0 unspecified atom stereocenters. The standard InChI is InChI=1S/C20H32N4O3/c1-15(25)21-13-18-6-5-17(23(18)2)12-20(26)22-16-7-9-24(10-8-16)14-19-4-3-11-27-19/h3-4,11,16-18H,5-10,12-14H2,1-2H3,(H,21,25)(H,22,26)/t17-,18+/m0/s1. The average Bonchev–Trinajstić information content (AvgIpc) is 3.26. The molecule has 7 heteroatoms. The van der Waals surface area contributed by atoms with Crippen LogP contribution < -0.4 is 10.6 Å². The van der Waals surface area contributed by atoms with Crippen molar-refractivity contribution in [2.24, 2.45) is 0 Å². The van der Waals surface area contributed by atoms with Crippen molar-refractivity contribution in [3.8, 4) is 0 Å². The number of carbonyl (C=O) groups excluding carboxylic acids is 2.